The van der Waals surface area contributed by atoms with Crippen molar-refractivity contribution in [2.24, 2.45) is 0 Å². The lowest BCUT2D eigenvalue weighted by atomic mass is 9.73. The molecule has 22 heavy (non-hydrogen) atoms. The van der Waals surface area contributed by atoms with Crippen molar-refractivity contribution < 1.29 is 14.6 Å². The molecule has 2 rings (SSSR count). The van der Waals surface area contributed by atoms with E-state index in [2.05, 4.69) is 5.32 Å². The van der Waals surface area contributed by atoms with E-state index in [1.54, 1.807) is 18.7 Å². The highest BCUT2D eigenvalue weighted by molar-refractivity contribution is 7.98. The molecule has 0 unspecified atom stereocenters. The Morgan fingerprint density at radius 3 is 2.59 bits per heavy atom. The van der Waals surface area contributed by atoms with Crippen LogP contribution in [0.4, 0.5) is 0 Å². The van der Waals surface area contributed by atoms with Gasteiger partial charge in [-0.15, -0.1) is 0 Å². The summed E-state index contributed by atoms with van der Waals surface area (Å²) in [6, 6.07) is 9.89. The number of hydrogen-bond acceptors (Lipinski definition) is 4. The van der Waals surface area contributed by atoms with Crippen LogP contribution in [-0.4, -0.2) is 48.4 Å². The Bertz CT molecular complexity index is 484. The summed E-state index contributed by atoms with van der Waals surface area (Å²) < 4.78 is 5.45. The smallest absolute Gasteiger partial charge is 0.230 e. The van der Waals surface area contributed by atoms with E-state index in [4.69, 9.17) is 4.74 Å². The first-order chi connectivity index (χ1) is 10.5. The van der Waals surface area contributed by atoms with E-state index in [0.29, 0.717) is 31.8 Å². The minimum absolute atomic E-state index is 0.0108. The number of hydrogen-bond donors (Lipinski definition) is 2. The van der Waals surface area contributed by atoms with Crippen LogP contribution >= 0.6 is 11.8 Å². The molecule has 0 aliphatic carbocycles. The summed E-state index contributed by atoms with van der Waals surface area (Å²) in [5.41, 5.74) is -0.409. The van der Waals surface area contributed by atoms with Crippen LogP contribution in [0.3, 0.4) is 0 Å². The molecular formula is C17H25NO3S. The average Bonchev–Trinajstić information content (AvgIpc) is 2.54. The zero-order chi connectivity index (χ0) is 16.1. The topological polar surface area (TPSA) is 58.6 Å². The van der Waals surface area contributed by atoms with E-state index in [9.17, 15) is 9.90 Å². The number of amides is 1. The maximum atomic E-state index is 12.9. The number of aliphatic hydroxyl groups is 1. The van der Waals surface area contributed by atoms with Crippen molar-refractivity contribution in [1.82, 2.24) is 5.32 Å². The third kappa shape index (κ3) is 4.03. The quantitative estimate of drug-likeness (QED) is 0.840. The zero-order valence-electron chi connectivity index (χ0n) is 13.3. The minimum atomic E-state index is -0.891. The molecule has 122 valence electrons. The fraction of sp³-hybridized carbons (Fsp3) is 0.588. The summed E-state index contributed by atoms with van der Waals surface area (Å²) in [6.45, 7) is 3.19. The Morgan fingerprint density at radius 2 is 2.00 bits per heavy atom. The number of benzene rings is 1. The van der Waals surface area contributed by atoms with Crippen molar-refractivity contribution >= 4 is 17.7 Å². The molecule has 1 heterocycles. The predicted molar refractivity (Wildman–Crippen MR) is 90.2 cm³/mol. The minimum Gasteiger partial charge on any atom is -0.387 e. The maximum absolute atomic E-state index is 12.9. The molecule has 5 heteroatoms. The van der Waals surface area contributed by atoms with Crippen molar-refractivity contribution in [2.75, 3.05) is 31.8 Å². The molecule has 0 aromatic heterocycles. The van der Waals surface area contributed by atoms with E-state index >= 15 is 0 Å². The number of thioether (sulfide) groups is 1. The Hall–Kier alpha value is -1.04. The van der Waals surface area contributed by atoms with Gasteiger partial charge in [-0.3, -0.25) is 4.79 Å². The van der Waals surface area contributed by atoms with E-state index in [0.717, 1.165) is 5.56 Å². The lowest BCUT2D eigenvalue weighted by Gasteiger charge is -2.37. The van der Waals surface area contributed by atoms with Gasteiger partial charge in [0.2, 0.25) is 5.91 Å². The zero-order valence-corrected chi connectivity index (χ0v) is 14.1. The van der Waals surface area contributed by atoms with Gasteiger partial charge in [0.25, 0.3) is 0 Å². The summed E-state index contributed by atoms with van der Waals surface area (Å²) in [5, 5.41) is 13.2. The molecule has 1 aliphatic heterocycles. The number of carbonyl (C=O) groups is 1. The van der Waals surface area contributed by atoms with Gasteiger partial charge < -0.3 is 15.2 Å². The summed E-state index contributed by atoms with van der Waals surface area (Å²) in [7, 11) is 0. The fourth-order valence-corrected chi connectivity index (χ4v) is 3.65. The fourth-order valence-electron chi connectivity index (χ4n) is 2.93. The molecule has 4 nitrogen and oxygen atoms in total. The van der Waals surface area contributed by atoms with Gasteiger partial charge in [-0.2, -0.15) is 11.8 Å². The molecular weight excluding hydrogens is 298 g/mol. The SMILES string of the molecule is CSC[C@](C)(O)CNC(=O)C1(c2ccccc2)CCOCC1. The van der Waals surface area contributed by atoms with Crippen LogP contribution < -0.4 is 5.32 Å². The Balaban J connectivity index is 2.14. The molecule has 0 spiro atoms. The molecule has 1 saturated heterocycles. The lowest BCUT2D eigenvalue weighted by Crippen LogP contribution is -2.52. The number of carbonyl (C=O) groups excluding carboxylic acids is 1. The van der Waals surface area contributed by atoms with Gasteiger partial charge in [0.15, 0.2) is 0 Å². The van der Waals surface area contributed by atoms with Crippen molar-refractivity contribution in [3.05, 3.63) is 35.9 Å². The van der Waals surface area contributed by atoms with Gasteiger partial charge >= 0.3 is 0 Å². The van der Waals surface area contributed by atoms with Crippen LogP contribution in [0.15, 0.2) is 30.3 Å². The van der Waals surface area contributed by atoms with Crippen molar-refractivity contribution in [1.29, 1.82) is 0 Å². The largest absolute Gasteiger partial charge is 0.387 e. The predicted octanol–water partition coefficient (Wildman–Crippen LogP) is 1.96. The average molecular weight is 323 g/mol. The van der Waals surface area contributed by atoms with Crippen molar-refractivity contribution in [3.8, 4) is 0 Å². The lowest BCUT2D eigenvalue weighted by molar-refractivity contribution is -0.131. The number of nitrogens with one attached hydrogen (secondary N) is 1. The summed E-state index contributed by atoms with van der Waals surface area (Å²) >= 11 is 1.57. The number of ether oxygens (including phenoxy) is 1. The summed E-state index contributed by atoms with van der Waals surface area (Å²) in [5.74, 6) is 0.581. The van der Waals surface area contributed by atoms with E-state index in [-0.39, 0.29) is 12.5 Å². The van der Waals surface area contributed by atoms with Crippen LogP contribution in [-0.2, 0) is 14.9 Å². The third-order valence-corrected chi connectivity index (χ3v) is 5.10. The van der Waals surface area contributed by atoms with Crippen molar-refractivity contribution in [2.45, 2.75) is 30.8 Å². The van der Waals surface area contributed by atoms with Gasteiger partial charge in [0, 0.05) is 25.5 Å². The van der Waals surface area contributed by atoms with Gasteiger partial charge in [-0.25, -0.2) is 0 Å². The highest BCUT2D eigenvalue weighted by Gasteiger charge is 2.42. The van der Waals surface area contributed by atoms with Gasteiger partial charge in [-0.1, -0.05) is 30.3 Å². The normalized spacial score (nSPS) is 20.1. The standard InChI is InChI=1S/C17H25NO3S/c1-16(20,13-22-2)12-18-15(19)17(8-10-21-11-9-17)14-6-4-3-5-7-14/h3-7,20H,8-13H2,1-2H3,(H,18,19)/t16-/m1/s1. The Kier molecular flexibility index (Phi) is 5.89. The molecule has 1 aliphatic rings. The first-order valence-electron chi connectivity index (χ1n) is 7.63. The summed E-state index contributed by atoms with van der Waals surface area (Å²) in [4.78, 5) is 12.9. The van der Waals surface area contributed by atoms with Gasteiger partial charge in [-0.05, 0) is 31.6 Å². The van der Waals surface area contributed by atoms with Crippen LogP contribution in [0, 0.1) is 0 Å². The summed E-state index contributed by atoms with van der Waals surface area (Å²) in [6.07, 6.45) is 3.29. The van der Waals surface area contributed by atoms with Crippen LogP contribution in [0.5, 0.6) is 0 Å². The second-order valence-corrected chi connectivity index (χ2v) is 7.04. The van der Waals surface area contributed by atoms with E-state index < -0.39 is 11.0 Å². The Morgan fingerprint density at radius 1 is 1.36 bits per heavy atom. The van der Waals surface area contributed by atoms with Crippen LogP contribution in [0.25, 0.3) is 0 Å². The first-order valence-corrected chi connectivity index (χ1v) is 9.02. The Labute approximate surface area is 136 Å². The maximum Gasteiger partial charge on any atom is 0.230 e. The molecule has 1 atom stereocenters. The highest BCUT2D eigenvalue weighted by Crippen LogP contribution is 2.35. The third-order valence-electron chi connectivity index (χ3n) is 4.19. The van der Waals surface area contributed by atoms with Crippen LogP contribution in [0.1, 0.15) is 25.3 Å². The monoisotopic (exact) mass is 323 g/mol. The van der Waals surface area contributed by atoms with Crippen LogP contribution in [0.2, 0.25) is 0 Å². The van der Waals surface area contributed by atoms with Crippen molar-refractivity contribution in [3.63, 3.8) is 0 Å². The van der Waals surface area contributed by atoms with E-state index in [1.807, 2.05) is 36.6 Å². The van der Waals surface area contributed by atoms with Gasteiger partial charge in [0.05, 0.1) is 11.0 Å². The molecule has 1 fully saturated rings. The van der Waals surface area contributed by atoms with Gasteiger partial charge in [0.1, 0.15) is 0 Å². The molecule has 2 N–H and O–H groups in total. The van der Waals surface area contributed by atoms with E-state index in [1.165, 1.54) is 0 Å². The molecule has 0 radical (unpaired) electrons. The first kappa shape index (κ1) is 17.3. The second kappa shape index (κ2) is 7.49. The molecule has 1 amide bonds. The molecule has 1 aromatic rings. The second-order valence-electron chi connectivity index (χ2n) is 6.17. The molecule has 1 aromatic carbocycles. The highest BCUT2D eigenvalue weighted by atomic mass is 32.2. The molecule has 0 saturated carbocycles. The number of rotatable bonds is 6. The molecule has 0 bridgehead atoms.